The number of carbonyl (C=O) groups is 2. The lowest BCUT2D eigenvalue weighted by atomic mass is 10.1. The fourth-order valence-electron chi connectivity index (χ4n) is 4.72. The number of aromatic nitrogens is 6. The van der Waals surface area contributed by atoms with Crippen LogP contribution in [0.2, 0.25) is 10.0 Å². The monoisotopic (exact) mass is 688 g/mol. The third-order valence-electron chi connectivity index (χ3n) is 6.68. The van der Waals surface area contributed by atoms with E-state index in [4.69, 9.17) is 43.6 Å². The summed E-state index contributed by atoms with van der Waals surface area (Å²) in [6.07, 6.45) is 5.39. The Bertz CT molecular complexity index is 2310. The number of nitrogens with zero attached hydrogens (tertiary/aromatic N) is 8. The van der Waals surface area contributed by atoms with Crippen LogP contribution in [0.4, 0.5) is 8.78 Å². The van der Waals surface area contributed by atoms with E-state index in [0.29, 0.717) is 31.9 Å². The molecule has 0 radical (unpaired) electrons. The van der Waals surface area contributed by atoms with Crippen LogP contribution in [0.15, 0.2) is 61.2 Å². The van der Waals surface area contributed by atoms with Crippen molar-refractivity contribution in [3.63, 3.8) is 0 Å². The minimum absolute atomic E-state index is 0.0376. The van der Waals surface area contributed by atoms with Crippen molar-refractivity contribution in [2.24, 2.45) is 0 Å². The lowest BCUT2D eigenvalue weighted by Crippen LogP contribution is -2.05. The first-order chi connectivity index (χ1) is 23.0. The van der Waals surface area contributed by atoms with Gasteiger partial charge in [-0.1, -0.05) is 23.2 Å². The van der Waals surface area contributed by atoms with Crippen molar-refractivity contribution in [3.05, 3.63) is 117 Å². The molecule has 0 aliphatic heterocycles. The molecule has 4 heterocycles. The Kier molecular flexibility index (Phi) is 9.89. The van der Waals surface area contributed by atoms with E-state index in [1.165, 1.54) is 46.3 Å². The number of carboxylic acid groups (broad SMARTS) is 1. The van der Waals surface area contributed by atoms with Gasteiger partial charge in [-0.05, 0) is 54.4 Å². The summed E-state index contributed by atoms with van der Waals surface area (Å²) in [7, 11) is 0. The summed E-state index contributed by atoms with van der Waals surface area (Å²) in [5.74, 6) is -2.86. The Hall–Kier alpha value is -5.96. The molecule has 0 unspecified atom stereocenters. The SMILES string of the molecule is CCOC(=O)c1cn(Cc2cc(F)c3ncc(Cl)cc3c2)nc1C#N.N#Cc1nn(Cc2cc(F)c3ncc(Cl)cc3c2)cc1C(=O)O. The molecule has 1 N–H and O–H groups in total. The molecule has 4 aromatic heterocycles. The molecule has 0 saturated carbocycles. The van der Waals surface area contributed by atoms with Crippen LogP contribution in [0.5, 0.6) is 0 Å². The van der Waals surface area contributed by atoms with E-state index in [-0.39, 0.29) is 53.2 Å². The van der Waals surface area contributed by atoms with Crippen LogP contribution >= 0.6 is 23.2 Å². The molecule has 0 aliphatic rings. The number of carboxylic acids is 1. The van der Waals surface area contributed by atoms with Gasteiger partial charge in [0.2, 0.25) is 0 Å². The number of hydrogen-bond donors (Lipinski definition) is 1. The second-order valence-corrected chi connectivity index (χ2v) is 10.9. The van der Waals surface area contributed by atoms with Crippen LogP contribution in [-0.4, -0.2) is 53.2 Å². The van der Waals surface area contributed by atoms with Gasteiger partial charge < -0.3 is 9.84 Å². The highest BCUT2D eigenvalue weighted by Crippen LogP contribution is 2.23. The molecule has 6 aromatic rings. The van der Waals surface area contributed by atoms with Gasteiger partial charge in [0, 0.05) is 35.6 Å². The van der Waals surface area contributed by atoms with Gasteiger partial charge in [0.05, 0.1) is 29.7 Å². The maximum atomic E-state index is 14.2. The Balaban J connectivity index is 0.000000188. The lowest BCUT2D eigenvalue weighted by Gasteiger charge is -2.05. The number of hydrogen-bond acceptors (Lipinski definition) is 9. The molecular formula is C32H20Cl2F2N8O4. The van der Waals surface area contributed by atoms with E-state index in [1.807, 2.05) is 6.07 Å². The number of carbonyl (C=O) groups excluding carboxylic acids is 1. The molecule has 48 heavy (non-hydrogen) atoms. The van der Waals surface area contributed by atoms with Crippen molar-refractivity contribution in [3.8, 4) is 12.1 Å². The minimum atomic E-state index is -1.24. The molecule has 240 valence electrons. The highest BCUT2D eigenvalue weighted by atomic mass is 35.5. The quantitative estimate of drug-likeness (QED) is 0.191. The maximum absolute atomic E-state index is 14.2. The molecule has 0 bridgehead atoms. The average Bonchev–Trinajstić information content (AvgIpc) is 3.65. The molecular weight excluding hydrogens is 669 g/mol. The van der Waals surface area contributed by atoms with E-state index >= 15 is 0 Å². The van der Waals surface area contributed by atoms with E-state index < -0.39 is 23.6 Å². The predicted octanol–water partition coefficient (Wildman–Crippen LogP) is 6.16. The number of nitriles is 2. The number of rotatable bonds is 7. The molecule has 12 nitrogen and oxygen atoms in total. The second-order valence-electron chi connectivity index (χ2n) is 10.0. The van der Waals surface area contributed by atoms with Crippen LogP contribution in [0.1, 0.15) is 50.2 Å². The standard InChI is InChI=1S/C17H12ClFN4O2.C15H8ClFN4O2/c1-2-25-17(24)13-9-23(22-15(13)6-20)8-10-3-11-5-12(18)7-21-16(11)14(19)4-10;16-10-3-9-1-8(2-12(17)14(9)19-5-10)6-21-7-11(15(22)23)13(4-18)20-21/h3-5,7,9H,2,8H2,1H3;1-3,5,7H,6H2,(H,22,23). The lowest BCUT2D eigenvalue weighted by molar-refractivity contribution is 0.0525. The maximum Gasteiger partial charge on any atom is 0.342 e. The number of benzene rings is 2. The highest BCUT2D eigenvalue weighted by Gasteiger charge is 2.18. The van der Waals surface area contributed by atoms with Crippen molar-refractivity contribution in [1.82, 2.24) is 29.5 Å². The summed E-state index contributed by atoms with van der Waals surface area (Å²) >= 11 is 11.8. The van der Waals surface area contributed by atoms with Crippen molar-refractivity contribution < 1.29 is 28.2 Å². The molecule has 2 aromatic carbocycles. The summed E-state index contributed by atoms with van der Waals surface area (Å²) in [5, 5.41) is 36.8. The second kappa shape index (κ2) is 14.2. The van der Waals surface area contributed by atoms with Gasteiger partial charge >= 0.3 is 11.9 Å². The van der Waals surface area contributed by atoms with Gasteiger partial charge in [-0.2, -0.15) is 20.7 Å². The fourth-order valence-corrected chi connectivity index (χ4v) is 5.05. The molecule has 0 saturated heterocycles. The van der Waals surface area contributed by atoms with Gasteiger partial charge in [0.25, 0.3) is 0 Å². The summed E-state index contributed by atoms with van der Waals surface area (Å²) in [5.41, 5.74) is 1.21. The average molecular weight is 689 g/mol. The molecule has 0 amide bonds. The first kappa shape index (κ1) is 33.4. The van der Waals surface area contributed by atoms with Gasteiger partial charge in [-0.3, -0.25) is 19.3 Å². The molecule has 0 spiro atoms. The number of esters is 1. The fraction of sp³-hybridized carbons (Fsp3) is 0.125. The van der Waals surface area contributed by atoms with Crippen LogP contribution in [-0.2, 0) is 17.8 Å². The number of fused-ring (bicyclic) bond motifs is 2. The van der Waals surface area contributed by atoms with E-state index in [0.717, 1.165) is 0 Å². The Morgan fingerprint density at radius 2 is 1.27 bits per heavy atom. The molecule has 0 fully saturated rings. The number of aromatic carboxylic acids is 1. The van der Waals surface area contributed by atoms with Crippen molar-refractivity contribution in [1.29, 1.82) is 10.5 Å². The van der Waals surface area contributed by atoms with E-state index in [9.17, 15) is 18.4 Å². The normalized spacial score (nSPS) is 10.6. The summed E-state index contributed by atoms with van der Waals surface area (Å²) in [6, 6.07) is 12.8. The zero-order valence-corrected chi connectivity index (χ0v) is 26.2. The summed E-state index contributed by atoms with van der Waals surface area (Å²) in [6.45, 7) is 2.15. The van der Waals surface area contributed by atoms with Crippen molar-refractivity contribution in [2.75, 3.05) is 6.61 Å². The first-order valence-electron chi connectivity index (χ1n) is 13.8. The topological polar surface area (TPSA) is 173 Å². The molecule has 0 atom stereocenters. The third-order valence-corrected chi connectivity index (χ3v) is 7.09. The largest absolute Gasteiger partial charge is 0.478 e. The number of pyridine rings is 2. The van der Waals surface area contributed by atoms with E-state index in [1.54, 1.807) is 37.3 Å². The Labute approximate surface area is 279 Å². The smallest absolute Gasteiger partial charge is 0.342 e. The van der Waals surface area contributed by atoms with Crippen molar-refractivity contribution >= 4 is 56.9 Å². The Morgan fingerprint density at radius 1 is 0.812 bits per heavy atom. The van der Waals surface area contributed by atoms with Crippen LogP contribution in [0, 0.1) is 34.3 Å². The third kappa shape index (κ3) is 7.36. The van der Waals surface area contributed by atoms with Crippen LogP contribution in [0.3, 0.4) is 0 Å². The van der Waals surface area contributed by atoms with Crippen molar-refractivity contribution in [2.45, 2.75) is 20.0 Å². The van der Waals surface area contributed by atoms with Crippen LogP contribution in [0.25, 0.3) is 21.8 Å². The van der Waals surface area contributed by atoms with Gasteiger partial charge in [0.15, 0.2) is 11.4 Å². The number of ether oxygens (including phenoxy) is 1. The molecule has 16 heteroatoms. The number of halogens is 4. The van der Waals surface area contributed by atoms with E-state index in [2.05, 4.69) is 20.2 Å². The summed E-state index contributed by atoms with van der Waals surface area (Å²) < 4.78 is 35.8. The van der Waals surface area contributed by atoms with Gasteiger partial charge in [-0.15, -0.1) is 0 Å². The zero-order chi connectivity index (χ0) is 34.5. The van der Waals surface area contributed by atoms with Gasteiger partial charge in [0.1, 0.15) is 45.9 Å². The summed E-state index contributed by atoms with van der Waals surface area (Å²) in [4.78, 5) is 30.8. The molecule has 6 rings (SSSR count). The predicted molar refractivity (Wildman–Crippen MR) is 168 cm³/mol. The van der Waals surface area contributed by atoms with Gasteiger partial charge in [-0.25, -0.2) is 18.4 Å². The minimum Gasteiger partial charge on any atom is -0.478 e. The Morgan fingerprint density at radius 3 is 1.69 bits per heavy atom. The first-order valence-corrected chi connectivity index (χ1v) is 14.6. The zero-order valence-electron chi connectivity index (χ0n) is 24.7. The molecule has 0 aliphatic carbocycles. The highest BCUT2D eigenvalue weighted by molar-refractivity contribution is 6.31. The van der Waals surface area contributed by atoms with Crippen LogP contribution < -0.4 is 0 Å².